The molecule has 3 nitrogen and oxygen atoms in total. The van der Waals surface area contributed by atoms with Crippen molar-refractivity contribution in [3.63, 3.8) is 0 Å². The van der Waals surface area contributed by atoms with Crippen molar-refractivity contribution in [2.24, 2.45) is 5.92 Å². The summed E-state index contributed by atoms with van der Waals surface area (Å²) in [5.74, 6) is 0.975. The zero-order valence-corrected chi connectivity index (χ0v) is 14.0. The Morgan fingerprint density at radius 3 is 2.57 bits per heavy atom. The Hall–Kier alpha value is -0.870. The van der Waals surface area contributed by atoms with Crippen LogP contribution in [-0.2, 0) is 9.53 Å². The first kappa shape index (κ1) is 15.0. The van der Waals surface area contributed by atoms with Crippen LogP contribution in [-0.4, -0.2) is 36.6 Å². The summed E-state index contributed by atoms with van der Waals surface area (Å²) in [6.45, 7) is 4.51. The van der Waals surface area contributed by atoms with Crippen molar-refractivity contribution in [1.82, 2.24) is 4.90 Å². The SMILES string of the molecule is CCOC1CCN(C(=O)C2CC2c2ccc(Br)cc2)CC1. The van der Waals surface area contributed by atoms with Crippen LogP contribution in [0.3, 0.4) is 0 Å². The first-order chi connectivity index (χ1) is 10.2. The second-order valence-corrected chi connectivity index (χ2v) is 6.90. The van der Waals surface area contributed by atoms with Crippen LogP contribution in [0, 0.1) is 5.92 Å². The molecule has 2 unspecified atom stereocenters. The lowest BCUT2D eigenvalue weighted by Gasteiger charge is -2.32. The number of hydrogen-bond acceptors (Lipinski definition) is 2. The van der Waals surface area contributed by atoms with E-state index in [-0.39, 0.29) is 5.92 Å². The monoisotopic (exact) mass is 351 g/mol. The van der Waals surface area contributed by atoms with Crippen molar-refractivity contribution in [3.05, 3.63) is 34.3 Å². The van der Waals surface area contributed by atoms with Gasteiger partial charge in [-0.15, -0.1) is 0 Å². The number of halogens is 1. The number of rotatable bonds is 4. The predicted octanol–water partition coefficient (Wildman–Crippen LogP) is 3.58. The van der Waals surface area contributed by atoms with Crippen molar-refractivity contribution in [2.75, 3.05) is 19.7 Å². The molecule has 2 fully saturated rings. The molecule has 0 spiro atoms. The van der Waals surface area contributed by atoms with E-state index in [9.17, 15) is 4.79 Å². The van der Waals surface area contributed by atoms with E-state index < -0.39 is 0 Å². The van der Waals surface area contributed by atoms with Crippen LogP contribution in [0.2, 0.25) is 0 Å². The Kier molecular flexibility index (Phi) is 4.65. The molecule has 1 aromatic rings. The van der Waals surface area contributed by atoms with Gasteiger partial charge in [-0.1, -0.05) is 28.1 Å². The molecule has 2 aliphatic rings. The Bertz CT molecular complexity index is 494. The minimum atomic E-state index is 0.204. The molecule has 21 heavy (non-hydrogen) atoms. The zero-order valence-electron chi connectivity index (χ0n) is 12.4. The highest BCUT2D eigenvalue weighted by atomic mass is 79.9. The maximum absolute atomic E-state index is 12.6. The molecule has 1 saturated carbocycles. The maximum Gasteiger partial charge on any atom is 0.226 e. The molecule has 2 atom stereocenters. The molecule has 1 aromatic carbocycles. The zero-order chi connectivity index (χ0) is 14.8. The molecule has 1 heterocycles. The fourth-order valence-electron chi connectivity index (χ4n) is 3.26. The largest absolute Gasteiger partial charge is 0.378 e. The quantitative estimate of drug-likeness (QED) is 0.829. The third kappa shape index (κ3) is 3.49. The summed E-state index contributed by atoms with van der Waals surface area (Å²) >= 11 is 3.45. The van der Waals surface area contributed by atoms with Crippen molar-refractivity contribution in [1.29, 1.82) is 0 Å². The summed E-state index contributed by atoms with van der Waals surface area (Å²) in [4.78, 5) is 14.6. The number of nitrogens with zero attached hydrogens (tertiary/aromatic N) is 1. The van der Waals surface area contributed by atoms with Gasteiger partial charge >= 0.3 is 0 Å². The van der Waals surface area contributed by atoms with Gasteiger partial charge in [0.25, 0.3) is 0 Å². The molecule has 3 rings (SSSR count). The van der Waals surface area contributed by atoms with Gasteiger partial charge in [0.15, 0.2) is 0 Å². The lowest BCUT2D eigenvalue weighted by molar-refractivity contribution is -0.135. The molecular formula is C17H22BrNO2. The van der Waals surface area contributed by atoms with Gasteiger partial charge in [0.2, 0.25) is 5.91 Å². The fraction of sp³-hybridized carbons (Fsp3) is 0.588. The molecule has 1 aliphatic heterocycles. The van der Waals surface area contributed by atoms with Gasteiger partial charge in [-0.3, -0.25) is 4.79 Å². The van der Waals surface area contributed by atoms with Crippen LogP contribution in [0.4, 0.5) is 0 Å². The second kappa shape index (κ2) is 6.49. The lowest BCUT2D eigenvalue weighted by Crippen LogP contribution is -2.41. The van der Waals surface area contributed by atoms with E-state index in [1.807, 2.05) is 11.8 Å². The third-order valence-corrected chi connectivity index (χ3v) is 5.09. The standard InChI is InChI=1S/C17H22BrNO2/c1-2-21-14-7-9-19(10-8-14)17(20)16-11-15(16)12-3-5-13(18)6-4-12/h3-6,14-16H,2,7-11H2,1H3. The summed E-state index contributed by atoms with van der Waals surface area (Å²) in [5, 5.41) is 0. The minimum absolute atomic E-state index is 0.204. The molecule has 4 heteroatoms. The summed E-state index contributed by atoms with van der Waals surface area (Å²) in [6.07, 6.45) is 3.32. The topological polar surface area (TPSA) is 29.5 Å². The highest BCUT2D eigenvalue weighted by molar-refractivity contribution is 9.10. The predicted molar refractivity (Wildman–Crippen MR) is 86.2 cm³/mol. The molecule has 0 N–H and O–H groups in total. The number of piperidine rings is 1. The van der Waals surface area contributed by atoms with Crippen LogP contribution >= 0.6 is 15.9 Å². The normalized spacial score (nSPS) is 25.9. The Labute approximate surface area is 134 Å². The Morgan fingerprint density at radius 2 is 1.95 bits per heavy atom. The smallest absolute Gasteiger partial charge is 0.226 e. The molecule has 1 saturated heterocycles. The number of benzene rings is 1. The summed E-state index contributed by atoms with van der Waals surface area (Å²) in [5.41, 5.74) is 1.29. The molecule has 0 radical (unpaired) electrons. The summed E-state index contributed by atoms with van der Waals surface area (Å²) < 4.78 is 6.74. The van der Waals surface area contributed by atoms with E-state index in [2.05, 4.69) is 40.2 Å². The number of carbonyl (C=O) groups excluding carboxylic acids is 1. The van der Waals surface area contributed by atoms with Crippen LogP contribution < -0.4 is 0 Å². The summed E-state index contributed by atoms with van der Waals surface area (Å²) in [6, 6.07) is 8.37. The van der Waals surface area contributed by atoms with Crippen molar-refractivity contribution in [3.8, 4) is 0 Å². The van der Waals surface area contributed by atoms with Crippen LogP contribution in [0.5, 0.6) is 0 Å². The van der Waals surface area contributed by atoms with Gasteiger partial charge in [0.1, 0.15) is 0 Å². The van der Waals surface area contributed by atoms with Crippen molar-refractivity contribution >= 4 is 21.8 Å². The Balaban J connectivity index is 1.52. The van der Waals surface area contributed by atoms with Crippen LogP contribution in [0.25, 0.3) is 0 Å². The third-order valence-electron chi connectivity index (χ3n) is 4.56. The minimum Gasteiger partial charge on any atom is -0.378 e. The van der Waals surface area contributed by atoms with E-state index in [4.69, 9.17) is 4.74 Å². The number of ether oxygens (including phenoxy) is 1. The fourth-order valence-corrected chi connectivity index (χ4v) is 3.52. The van der Waals surface area contributed by atoms with Gasteiger partial charge in [-0.2, -0.15) is 0 Å². The van der Waals surface area contributed by atoms with Gasteiger partial charge < -0.3 is 9.64 Å². The van der Waals surface area contributed by atoms with Crippen molar-refractivity contribution < 1.29 is 9.53 Å². The van der Waals surface area contributed by atoms with E-state index in [0.29, 0.717) is 17.9 Å². The highest BCUT2D eigenvalue weighted by Gasteiger charge is 2.46. The van der Waals surface area contributed by atoms with E-state index in [1.165, 1.54) is 5.56 Å². The van der Waals surface area contributed by atoms with Gasteiger partial charge in [-0.25, -0.2) is 0 Å². The van der Waals surface area contributed by atoms with E-state index in [0.717, 1.165) is 43.4 Å². The first-order valence-corrected chi connectivity index (χ1v) is 8.64. The lowest BCUT2D eigenvalue weighted by atomic mass is 10.1. The van der Waals surface area contributed by atoms with Gasteiger partial charge in [-0.05, 0) is 49.8 Å². The van der Waals surface area contributed by atoms with E-state index >= 15 is 0 Å². The number of carbonyl (C=O) groups is 1. The molecule has 1 aliphatic carbocycles. The molecule has 114 valence electrons. The van der Waals surface area contributed by atoms with Crippen LogP contribution in [0.1, 0.15) is 37.7 Å². The highest BCUT2D eigenvalue weighted by Crippen LogP contribution is 2.48. The second-order valence-electron chi connectivity index (χ2n) is 5.98. The van der Waals surface area contributed by atoms with E-state index in [1.54, 1.807) is 0 Å². The van der Waals surface area contributed by atoms with Gasteiger partial charge in [0, 0.05) is 30.1 Å². The Morgan fingerprint density at radius 1 is 1.29 bits per heavy atom. The molecule has 0 bridgehead atoms. The van der Waals surface area contributed by atoms with Crippen molar-refractivity contribution in [2.45, 2.75) is 38.2 Å². The molecule has 1 amide bonds. The van der Waals surface area contributed by atoms with Gasteiger partial charge in [0.05, 0.1) is 6.10 Å². The summed E-state index contributed by atoms with van der Waals surface area (Å²) in [7, 11) is 0. The maximum atomic E-state index is 12.6. The average Bonchev–Trinajstić information content (AvgIpc) is 3.29. The number of likely N-dealkylation sites (tertiary alicyclic amines) is 1. The number of amides is 1. The average molecular weight is 352 g/mol. The molecule has 0 aromatic heterocycles. The first-order valence-electron chi connectivity index (χ1n) is 7.85. The molecular weight excluding hydrogens is 330 g/mol. The van der Waals surface area contributed by atoms with Crippen LogP contribution in [0.15, 0.2) is 28.7 Å². The number of hydrogen-bond donors (Lipinski definition) is 0.